The van der Waals surface area contributed by atoms with Crippen molar-refractivity contribution in [2.75, 3.05) is 7.11 Å². The fraction of sp³-hybridized carbons (Fsp3) is 0.121. The zero-order valence-electron chi connectivity index (χ0n) is 21.5. The Kier molecular flexibility index (Phi) is 8.72. The SMILES string of the molecule is COC(=O)/C(=C/C=C/c1ccc(C(C)C)cc1)N=P(c1ccccc1)(c1ccccc1)c1ccccc1. The van der Waals surface area contributed by atoms with E-state index in [1.165, 1.54) is 12.7 Å². The molecular formula is C33H32NO2P. The molecule has 0 atom stereocenters. The van der Waals surface area contributed by atoms with Crippen LogP contribution in [0.2, 0.25) is 0 Å². The van der Waals surface area contributed by atoms with E-state index in [-0.39, 0.29) is 5.70 Å². The average molecular weight is 506 g/mol. The van der Waals surface area contributed by atoms with E-state index in [1.54, 1.807) is 6.08 Å². The van der Waals surface area contributed by atoms with Gasteiger partial charge in [0, 0.05) is 15.9 Å². The summed E-state index contributed by atoms with van der Waals surface area (Å²) in [5, 5.41) is 3.20. The molecule has 0 bridgehead atoms. The second kappa shape index (κ2) is 12.3. The van der Waals surface area contributed by atoms with Gasteiger partial charge in [-0.05, 0) is 23.1 Å². The van der Waals surface area contributed by atoms with Gasteiger partial charge in [-0.25, -0.2) is 9.54 Å². The van der Waals surface area contributed by atoms with E-state index in [0.717, 1.165) is 21.5 Å². The zero-order valence-corrected chi connectivity index (χ0v) is 22.4. The van der Waals surface area contributed by atoms with Crippen molar-refractivity contribution in [3.63, 3.8) is 0 Å². The Balaban J connectivity index is 1.93. The van der Waals surface area contributed by atoms with Crippen molar-refractivity contribution in [2.45, 2.75) is 19.8 Å². The maximum Gasteiger partial charge on any atom is 0.356 e. The number of allylic oxidation sites excluding steroid dienone is 2. The first-order valence-corrected chi connectivity index (χ1v) is 14.1. The Morgan fingerprint density at radius 2 is 1.19 bits per heavy atom. The molecule has 0 amide bonds. The average Bonchev–Trinajstić information content (AvgIpc) is 2.96. The van der Waals surface area contributed by atoms with Crippen LogP contribution in [0, 0.1) is 0 Å². The molecule has 4 rings (SSSR count). The van der Waals surface area contributed by atoms with Crippen molar-refractivity contribution in [2.24, 2.45) is 4.74 Å². The second-order valence-electron chi connectivity index (χ2n) is 8.97. The number of hydrogen-bond acceptors (Lipinski definition) is 3. The van der Waals surface area contributed by atoms with Gasteiger partial charge in [0.2, 0.25) is 0 Å². The zero-order chi connectivity index (χ0) is 26.1. The lowest BCUT2D eigenvalue weighted by Crippen LogP contribution is -2.26. The van der Waals surface area contributed by atoms with E-state index in [0.29, 0.717) is 5.92 Å². The lowest BCUT2D eigenvalue weighted by molar-refractivity contribution is -0.136. The van der Waals surface area contributed by atoms with E-state index in [2.05, 4.69) is 74.5 Å². The molecule has 37 heavy (non-hydrogen) atoms. The van der Waals surface area contributed by atoms with Gasteiger partial charge >= 0.3 is 5.97 Å². The Morgan fingerprint density at radius 3 is 1.59 bits per heavy atom. The number of esters is 1. The fourth-order valence-corrected chi connectivity index (χ4v) is 7.73. The van der Waals surface area contributed by atoms with E-state index in [1.807, 2.05) is 66.7 Å². The monoisotopic (exact) mass is 505 g/mol. The smallest absolute Gasteiger partial charge is 0.356 e. The Hall–Kier alpha value is -3.94. The molecule has 3 nitrogen and oxygen atoms in total. The molecule has 0 aliphatic carbocycles. The molecule has 0 radical (unpaired) electrons. The van der Waals surface area contributed by atoms with Gasteiger partial charge in [-0.2, -0.15) is 0 Å². The van der Waals surface area contributed by atoms with Gasteiger partial charge in [-0.3, -0.25) is 0 Å². The van der Waals surface area contributed by atoms with Crippen LogP contribution in [0.15, 0.2) is 138 Å². The molecule has 0 N–H and O–H groups in total. The highest BCUT2D eigenvalue weighted by molar-refractivity contribution is 7.87. The van der Waals surface area contributed by atoms with Crippen molar-refractivity contribution in [1.82, 2.24) is 0 Å². The molecule has 0 saturated heterocycles. The molecule has 0 unspecified atom stereocenters. The molecular weight excluding hydrogens is 473 g/mol. The van der Waals surface area contributed by atoms with Crippen LogP contribution in [0.3, 0.4) is 0 Å². The van der Waals surface area contributed by atoms with Crippen molar-refractivity contribution in [1.29, 1.82) is 0 Å². The molecule has 186 valence electrons. The van der Waals surface area contributed by atoms with Crippen molar-refractivity contribution >= 4 is 35.0 Å². The minimum Gasteiger partial charge on any atom is -0.464 e. The van der Waals surface area contributed by atoms with Crippen LogP contribution in [-0.4, -0.2) is 13.1 Å². The molecule has 0 spiro atoms. The number of ether oxygens (including phenoxy) is 1. The lowest BCUT2D eigenvalue weighted by atomic mass is 10.0. The largest absolute Gasteiger partial charge is 0.464 e. The quantitative estimate of drug-likeness (QED) is 0.111. The van der Waals surface area contributed by atoms with Crippen LogP contribution in [0.5, 0.6) is 0 Å². The molecule has 0 fully saturated rings. The van der Waals surface area contributed by atoms with Crippen LogP contribution < -0.4 is 15.9 Å². The summed E-state index contributed by atoms with van der Waals surface area (Å²) >= 11 is 0. The third-order valence-corrected chi connectivity index (χ3v) is 9.84. The van der Waals surface area contributed by atoms with Crippen LogP contribution >= 0.6 is 7.05 Å². The summed E-state index contributed by atoms with van der Waals surface area (Å²) in [5.41, 5.74) is 2.63. The Morgan fingerprint density at radius 1 is 0.730 bits per heavy atom. The number of benzene rings is 4. The molecule has 0 saturated carbocycles. The molecule has 4 aromatic rings. The van der Waals surface area contributed by atoms with Gasteiger partial charge in [0.15, 0.2) is 0 Å². The molecule has 0 heterocycles. The third kappa shape index (κ3) is 6.07. The summed E-state index contributed by atoms with van der Waals surface area (Å²) < 4.78 is 10.5. The number of carbonyl (C=O) groups is 1. The molecule has 0 aliphatic heterocycles. The number of methoxy groups -OCH3 is 1. The van der Waals surface area contributed by atoms with E-state index in [4.69, 9.17) is 9.48 Å². The normalized spacial score (nSPS) is 12.1. The standard InChI is InChI=1S/C33H32NO2P/c1-26(2)28-24-22-27(23-25-28)14-13-21-32(33(35)36-3)34-37(29-15-7-4-8-16-29,30-17-9-5-10-18-30)31-19-11-6-12-20-31/h4-26H,1-3H3/b14-13+,32-21-. The maximum atomic E-state index is 13.0. The number of hydrogen-bond donors (Lipinski definition) is 0. The highest BCUT2D eigenvalue weighted by atomic mass is 31.2. The van der Waals surface area contributed by atoms with Crippen molar-refractivity contribution in [3.05, 3.63) is 144 Å². The first-order chi connectivity index (χ1) is 18.0. The molecule has 4 heteroatoms. The third-order valence-electron chi connectivity index (χ3n) is 6.19. The fourth-order valence-electron chi connectivity index (χ4n) is 4.20. The van der Waals surface area contributed by atoms with E-state index >= 15 is 0 Å². The first-order valence-electron chi connectivity index (χ1n) is 12.4. The van der Waals surface area contributed by atoms with Gasteiger partial charge in [0.25, 0.3) is 0 Å². The summed E-state index contributed by atoms with van der Waals surface area (Å²) in [6, 6.07) is 39.1. The van der Waals surface area contributed by atoms with Crippen molar-refractivity contribution < 1.29 is 9.53 Å². The number of rotatable bonds is 8. The predicted octanol–water partition coefficient (Wildman–Crippen LogP) is 7.06. The summed E-state index contributed by atoms with van der Waals surface area (Å²) in [6.07, 6.45) is 5.61. The minimum absolute atomic E-state index is 0.280. The number of carbonyl (C=O) groups excluding carboxylic acids is 1. The van der Waals surface area contributed by atoms with Crippen LogP contribution in [0.4, 0.5) is 0 Å². The van der Waals surface area contributed by atoms with Gasteiger partial charge in [0.05, 0.1) is 14.2 Å². The summed E-state index contributed by atoms with van der Waals surface area (Å²) in [6.45, 7) is 4.36. The highest BCUT2D eigenvalue weighted by Gasteiger charge is 2.28. The topological polar surface area (TPSA) is 38.7 Å². The predicted molar refractivity (Wildman–Crippen MR) is 157 cm³/mol. The Labute approximate surface area is 220 Å². The molecule has 0 aliphatic rings. The van der Waals surface area contributed by atoms with Crippen LogP contribution in [-0.2, 0) is 9.53 Å². The summed E-state index contributed by atoms with van der Waals surface area (Å²) in [5.74, 6) is 0.0145. The van der Waals surface area contributed by atoms with Crippen molar-refractivity contribution in [3.8, 4) is 0 Å². The van der Waals surface area contributed by atoms with Gasteiger partial charge in [0.1, 0.15) is 5.70 Å². The van der Waals surface area contributed by atoms with Gasteiger partial charge < -0.3 is 4.74 Å². The maximum absolute atomic E-state index is 13.0. The first kappa shape index (κ1) is 26.1. The Bertz CT molecular complexity index is 1320. The van der Waals surface area contributed by atoms with Gasteiger partial charge in [-0.1, -0.05) is 141 Å². The lowest BCUT2D eigenvalue weighted by Gasteiger charge is -2.27. The summed E-state index contributed by atoms with van der Waals surface area (Å²) in [4.78, 5) is 13.0. The van der Waals surface area contributed by atoms with Crippen LogP contribution in [0.1, 0.15) is 30.9 Å². The van der Waals surface area contributed by atoms with Crippen LogP contribution in [0.25, 0.3) is 6.08 Å². The van der Waals surface area contributed by atoms with Gasteiger partial charge in [-0.15, -0.1) is 0 Å². The number of nitrogens with zero attached hydrogens (tertiary/aromatic N) is 1. The molecule has 4 aromatic carbocycles. The highest BCUT2D eigenvalue weighted by Crippen LogP contribution is 2.47. The summed E-state index contributed by atoms with van der Waals surface area (Å²) in [7, 11) is -1.19. The van der Waals surface area contributed by atoms with E-state index < -0.39 is 13.0 Å². The minimum atomic E-state index is -2.58. The molecule has 0 aromatic heterocycles. The van der Waals surface area contributed by atoms with E-state index in [9.17, 15) is 4.79 Å². The second-order valence-corrected chi connectivity index (χ2v) is 12.0.